The number of amides is 1. The van der Waals surface area contributed by atoms with E-state index in [0.717, 1.165) is 5.69 Å². The van der Waals surface area contributed by atoms with E-state index in [1.165, 1.54) is 5.56 Å². The molecule has 0 saturated heterocycles. The van der Waals surface area contributed by atoms with Crippen LogP contribution in [0.1, 0.15) is 27.4 Å². The maximum Gasteiger partial charge on any atom is 0.273 e. The molecule has 21 heavy (non-hydrogen) atoms. The van der Waals surface area contributed by atoms with Gasteiger partial charge >= 0.3 is 0 Å². The first-order chi connectivity index (χ1) is 9.95. The average Bonchev–Trinajstić information content (AvgIpc) is 2.78. The third kappa shape index (κ3) is 4.06. The summed E-state index contributed by atoms with van der Waals surface area (Å²) >= 11 is 5.11. The van der Waals surface area contributed by atoms with Crippen molar-refractivity contribution in [2.24, 2.45) is 0 Å². The summed E-state index contributed by atoms with van der Waals surface area (Å²) in [6.07, 6.45) is 0. The highest BCUT2D eigenvalue weighted by Crippen LogP contribution is 2.13. The van der Waals surface area contributed by atoms with Crippen molar-refractivity contribution >= 4 is 28.9 Å². The number of benzene rings is 1. The number of thiocarbonyl (C=S) groups is 1. The Bertz CT molecular complexity index is 662. The fourth-order valence-electron chi connectivity index (χ4n) is 1.84. The molecule has 5 nitrogen and oxygen atoms in total. The van der Waals surface area contributed by atoms with Crippen LogP contribution in [-0.4, -0.2) is 11.0 Å². The molecule has 0 radical (unpaired) electrons. The molecular weight excluding hydrogens is 286 g/mol. The number of carbonyl (C=O) groups excluding carboxylic acids is 1. The number of rotatable bonds is 2. The number of hydrogen-bond donors (Lipinski definition) is 3. The van der Waals surface area contributed by atoms with E-state index in [2.05, 4.69) is 16.2 Å². The molecule has 0 fully saturated rings. The van der Waals surface area contributed by atoms with Gasteiger partial charge in [-0.15, -0.1) is 0 Å². The first-order valence-electron chi connectivity index (χ1n) is 6.47. The average molecular weight is 303 g/mol. The number of hydrogen-bond acceptors (Lipinski definition) is 3. The van der Waals surface area contributed by atoms with Gasteiger partial charge in [0, 0.05) is 5.69 Å². The number of nitrogens with one attached hydrogen (secondary N) is 3. The summed E-state index contributed by atoms with van der Waals surface area (Å²) in [4.78, 5) is 12.0. The molecule has 1 heterocycles. The Labute approximate surface area is 128 Å². The van der Waals surface area contributed by atoms with E-state index < -0.39 is 0 Å². The predicted molar refractivity (Wildman–Crippen MR) is 86.2 cm³/mol. The lowest BCUT2D eigenvalue weighted by atomic mass is 10.2. The van der Waals surface area contributed by atoms with Crippen LogP contribution in [0, 0.1) is 20.8 Å². The monoisotopic (exact) mass is 303 g/mol. The van der Waals surface area contributed by atoms with Crippen molar-refractivity contribution in [3.63, 3.8) is 0 Å². The lowest BCUT2D eigenvalue weighted by Crippen LogP contribution is -2.43. The molecule has 0 aliphatic carbocycles. The zero-order chi connectivity index (χ0) is 15.4. The number of furan rings is 1. The third-order valence-electron chi connectivity index (χ3n) is 2.88. The molecule has 0 spiro atoms. The van der Waals surface area contributed by atoms with Gasteiger partial charge in [-0.05, 0) is 51.2 Å². The molecule has 0 bridgehead atoms. The summed E-state index contributed by atoms with van der Waals surface area (Å²) in [5.74, 6) is 0.972. The fraction of sp³-hybridized carbons (Fsp3) is 0.200. The van der Waals surface area contributed by atoms with Gasteiger partial charge < -0.3 is 9.73 Å². The molecule has 1 aromatic carbocycles. The lowest BCUT2D eigenvalue weighted by molar-refractivity contribution is 0.0942. The van der Waals surface area contributed by atoms with Gasteiger partial charge in [-0.25, -0.2) is 0 Å². The van der Waals surface area contributed by atoms with Crippen LogP contribution in [0.4, 0.5) is 5.69 Å². The van der Waals surface area contributed by atoms with Crippen LogP contribution in [0.15, 0.2) is 34.7 Å². The molecule has 3 N–H and O–H groups in total. The van der Waals surface area contributed by atoms with E-state index in [1.54, 1.807) is 19.9 Å². The van der Waals surface area contributed by atoms with Gasteiger partial charge in [-0.2, -0.15) is 0 Å². The van der Waals surface area contributed by atoms with Gasteiger partial charge in [0.15, 0.2) is 5.11 Å². The number of carbonyl (C=O) groups is 1. The smallest absolute Gasteiger partial charge is 0.273 e. The van der Waals surface area contributed by atoms with Gasteiger partial charge in [0.25, 0.3) is 5.91 Å². The fourth-order valence-corrected chi connectivity index (χ4v) is 2.01. The Morgan fingerprint density at radius 3 is 2.33 bits per heavy atom. The highest BCUT2D eigenvalue weighted by molar-refractivity contribution is 7.80. The van der Waals surface area contributed by atoms with E-state index in [0.29, 0.717) is 22.2 Å². The number of hydrazine groups is 1. The molecule has 0 atom stereocenters. The minimum atomic E-state index is -0.294. The van der Waals surface area contributed by atoms with E-state index >= 15 is 0 Å². The van der Waals surface area contributed by atoms with Crippen LogP contribution in [0.3, 0.4) is 0 Å². The second kappa shape index (κ2) is 6.41. The third-order valence-corrected chi connectivity index (χ3v) is 3.09. The Hall–Kier alpha value is -2.34. The van der Waals surface area contributed by atoms with Crippen LogP contribution in [0.25, 0.3) is 0 Å². The summed E-state index contributed by atoms with van der Waals surface area (Å²) in [6, 6.07) is 9.45. The summed E-state index contributed by atoms with van der Waals surface area (Å²) in [6.45, 7) is 5.54. The zero-order valence-corrected chi connectivity index (χ0v) is 12.9. The van der Waals surface area contributed by atoms with Crippen LogP contribution in [0.2, 0.25) is 0 Å². The van der Waals surface area contributed by atoms with E-state index in [1.807, 2.05) is 31.2 Å². The van der Waals surface area contributed by atoms with Crippen molar-refractivity contribution in [2.75, 3.05) is 5.32 Å². The second-order valence-electron chi connectivity index (χ2n) is 4.73. The second-order valence-corrected chi connectivity index (χ2v) is 5.13. The normalized spacial score (nSPS) is 10.0. The van der Waals surface area contributed by atoms with Crippen molar-refractivity contribution < 1.29 is 9.21 Å². The van der Waals surface area contributed by atoms with E-state index in [9.17, 15) is 4.79 Å². The van der Waals surface area contributed by atoms with Crippen molar-refractivity contribution in [3.8, 4) is 0 Å². The van der Waals surface area contributed by atoms with E-state index in [4.69, 9.17) is 16.6 Å². The maximum atomic E-state index is 12.0. The Kier molecular flexibility index (Phi) is 4.59. The van der Waals surface area contributed by atoms with Crippen LogP contribution in [0.5, 0.6) is 0 Å². The molecule has 1 aromatic heterocycles. The lowest BCUT2D eigenvalue weighted by Gasteiger charge is -2.11. The first kappa shape index (κ1) is 15.1. The van der Waals surface area contributed by atoms with E-state index in [-0.39, 0.29) is 5.91 Å². The largest absolute Gasteiger partial charge is 0.466 e. The van der Waals surface area contributed by atoms with Crippen LogP contribution < -0.4 is 16.2 Å². The number of aryl methyl sites for hydroxylation is 3. The summed E-state index contributed by atoms with van der Waals surface area (Å²) < 4.78 is 5.31. The number of anilines is 1. The molecule has 110 valence electrons. The Morgan fingerprint density at radius 1 is 1.10 bits per heavy atom. The van der Waals surface area contributed by atoms with Gasteiger partial charge in [-0.1, -0.05) is 17.7 Å². The van der Waals surface area contributed by atoms with Gasteiger partial charge in [-0.3, -0.25) is 15.6 Å². The molecule has 0 saturated carbocycles. The van der Waals surface area contributed by atoms with Crippen LogP contribution >= 0.6 is 12.2 Å². The van der Waals surface area contributed by atoms with Gasteiger partial charge in [0.2, 0.25) is 0 Å². The Morgan fingerprint density at radius 2 is 1.76 bits per heavy atom. The van der Waals surface area contributed by atoms with Crippen molar-refractivity contribution in [1.82, 2.24) is 10.9 Å². The van der Waals surface area contributed by atoms with Crippen molar-refractivity contribution in [2.45, 2.75) is 20.8 Å². The molecule has 0 aliphatic heterocycles. The summed E-state index contributed by atoms with van der Waals surface area (Å²) in [5.41, 5.74) is 7.69. The maximum absolute atomic E-state index is 12.0. The standard InChI is InChI=1S/C15H17N3O2S/c1-9-4-6-12(7-5-9)16-15(21)18-17-14(19)13-8-10(2)20-11(13)3/h4-8H,1-3H3,(H,17,19)(H2,16,18,21). The first-order valence-corrected chi connectivity index (χ1v) is 6.87. The van der Waals surface area contributed by atoms with Gasteiger partial charge in [0.05, 0.1) is 5.56 Å². The predicted octanol–water partition coefficient (Wildman–Crippen LogP) is 2.84. The Balaban J connectivity index is 1.88. The molecule has 2 rings (SSSR count). The topological polar surface area (TPSA) is 66.3 Å². The quantitative estimate of drug-likeness (QED) is 0.588. The van der Waals surface area contributed by atoms with Crippen LogP contribution in [-0.2, 0) is 0 Å². The molecule has 0 aliphatic rings. The molecule has 1 amide bonds. The summed E-state index contributed by atoms with van der Waals surface area (Å²) in [5, 5.41) is 3.29. The molecule has 2 aromatic rings. The highest BCUT2D eigenvalue weighted by Gasteiger charge is 2.13. The minimum Gasteiger partial charge on any atom is -0.466 e. The van der Waals surface area contributed by atoms with Gasteiger partial charge in [0.1, 0.15) is 11.5 Å². The zero-order valence-electron chi connectivity index (χ0n) is 12.1. The van der Waals surface area contributed by atoms with Crippen molar-refractivity contribution in [1.29, 1.82) is 0 Å². The van der Waals surface area contributed by atoms with Crippen molar-refractivity contribution in [3.05, 3.63) is 53.0 Å². The summed E-state index contributed by atoms with van der Waals surface area (Å²) in [7, 11) is 0. The SMILES string of the molecule is Cc1ccc(NC(=S)NNC(=O)c2cc(C)oc2C)cc1. The molecule has 0 unspecified atom stereocenters. The molecule has 6 heteroatoms. The highest BCUT2D eigenvalue weighted by atomic mass is 32.1. The molecular formula is C15H17N3O2S. The minimum absolute atomic E-state index is 0.294.